The van der Waals surface area contributed by atoms with Crippen LogP contribution in [0.25, 0.3) is 0 Å². The minimum absolute atomic E-state index is 0.104. The van der Waals surface area contributed by atoms with Crippen LogP contribution < -0.4 is 5.43 Å². The van der Waals surface area contributed by atoms with Crippen molar-refractivity contribution >= 4 is 35.5 Å². The zero-order valence-electron chi connectivity index (χ0n) is 10.7. The Balaban J connectivity index is 1.85. The minimum Gasteiger partial charge on any atom is -0.272 e. The highest BCUT2D eigenvalue weighted by Gasteiger charge is 2.05. The van der Waals surface area contributed by atoms with Gasteiger partial charge in [-0.2, -0.15) is 5.10 Å². The van der Waals surface area contributed by atoms with Crippen LogP contribution in [0.5, 0.6) is 0 Å². The van der Waals surface area contributed by atoms with Crippen LogP contribution >= 0.6 is 23.4 Å². The lowest BCUT2D eigenvalue weighted by Crippen LogP contribution is -2.19. The summed E-state index contributed by atoms with van der Waals surface area (Å²) in [6.45, 7) is 0. The maximum atomic E-state index is 13.4. The molecule has 0 aliphatic rings. The number of nitrogens with zero attached hydrogens (tertiary/aromatic N) is 3. The van der Waals surface area contributed by atoms with Gasteiger partial charge in [0.05, 0.1) is 17.0 Å². The number of hydrogen-bond donors (Lipinski definition) is 1. The Hall–Kier alpha value is -1.99. The van der Waals surface area contributed by atoms with Crippen molar-refractivity contribution in [1.29, 1.82) is 0 Å². The molecule has 0 spiro atoms. The van der Waals surface area contributed by atoms with Crippen LogP contribution in [-0.2, 0) is 4.79 Å². The van der Waals surface area contributed by atoms with Gasteiger partial charge in [0, 0.05) is 18.0 Å². The Bertz CT molecular complexity index is 634. The molecule has 8 heteroatoms. The molecule has 21 heavy (non-hydrogen) atoms. The average molecular weight is 325 g/mol. The lowest BCUT2D eigenvalue weighted by molar-refractivity contribution is -0.118. The van der Waals surface area contributed by atoms with E-state index in [9.17, 15) is 9.18 Å². The van der Waals surface area contributed by atoms with Crippen molar-refractivity contribution in [2.45, 2.75) is 5.16 Å². The third kappa shape index (κ3) is 4.80. The number of thioether (sulfide) groups is 1. The summed E-state index contributed by atoms with van der Waals surface area (Å²) >= 11 is 6.99. The van der Waals surface area contributed by atoms with Crippen molar-refractivity contribution in [1.82, 2.24) is 15.4 Å². The molecule has 0 unspecified atom stereocenters. The highest BCUT2D eigenvalue weighted by Crippen LogP contribution is 2.16. The summed E-state index contributed by atoms with van der Waals surface area (Å²) < 4.78 is 13.4. The van der Waals surface area contributed by atoms with Crippen LogP contribution in [0.2, 0.25) is 5.02 Å². The van der Waals surface area contributed by atoms with Crippen LogP contribution in [0.1, 0.15) is 5.56 Å². The molecule has 1 aromatic heterocycles. The minimum atomic E-state index is -0.507. The number of hydrogen-bond acceptors (Lipinski definition) is 5. The second-order valence-corrected chi connectivity index (χ2v) is 5.10. The molecule has 1 heterocycles. The van der Waals surface area contributed by atoms with Crippen molar-refractivity contribution in [3.63, 3.8) is 0 Å². The molecule has 0 bridgehead atoms. The molecule has 5 nitrogen and oxygen atoms in total. The maximum Gasteiger partial charge on any atom is 0.250 e. The zero-order chi connectivity index (χ0) is 15.1. The van der Waals surface area contributed by atoms with Gasteiger partial charge >= 0.3 is 0 Å². The summed E-state index contributed by atoms with van der Waals surface area (Å²) in [4.78, 5) is 19.5. The molecular formula is C13H10ClFN4OS. The molecule has 0 radical (unpaired) electrons. The monoisotopic (exact) mass is 324 g/mol. The largest absolute Gasteiger partial charge is 0.272 e. The predicted molar refractivity (Wildman–Crippen MR) is 79.9 cm³/mol. The summed E-state index contributed by atoms with van der Waals surface area (Å²) in [6.07, 6.45) is 4.34. The topological polar surface area (TPSA) is 67.2 Å². The highest BCUT2D eigenvalue weighted by molar-refractivity contribution is 7.99. The van der Waals surface area contributed by atoms with E-state index in [0.717, 1.165) is 0 Å². The number of rotatable bonds is 5. The van der Waals surface area contributed by atoms with Gasteiger partial charge in [0.25, 0.3) is 5.91 Å². The number of hydrazone groups is 1. The van der Waals surface area contributed by atoms with E-state index in [4.69, 9.17) is 11.6 Å². The van der Waals surface area contributed by atoms with Gasteiger partial charge in [0.2, 0.25) is 0 Å². The average Bonchev–Trinajstić information content (AvgIpc) is 2.49. The van der Waals surface area contributed by atoms with Crippen molar-refractivity contribution < 1.29 is 9.18 Å². The van der Waals surface area contributed by atoms with Gasteiger partial charge in [0.1, 0.15) is 5.82 Å². The maximum absolute atomic E-state index is 13.4. The normalized spacial score (nSPS) is 10.8. The van der Waals surface area contributed by atoms with Crippen LogP contribution in [0.4, 0.5) is 4.39 Å². The molecule has 1 N–H and O–H groups in total. The summed E-state index contributed by atoms with van der Waals surface area (Å²) in [7, 11) is 0. The van der Waals surface area contributed by atoms with E-state index in [1.807, 2.05) is 0 Å². The number of halogens is 2. The Morgan fingerprint density at radius 3 is 2.86 bits per heavy atom. The van der Waals surface area contributed by atoms with Gasteiger partial charge in [-0.3, -0.25) is 4.79 Å². The predicted octanol–water partition coefficient (Wildman–Crippen LogP) is 2.51. The number of nitrogens with one attached hydrogen (secondary N) is 1. The van der Waals surface area contributed by atoms with Crippen LogP contribution in [-0.4, -0.2) is 27.8 Å². The first-order valence-corrected chi connectivity index (χ1v) is 7.19. The lowest BCUT2D eigenvalue weighted by atomic mass is 10.2. The smallest absolute Gasteiger partial charge is 0.250 e. The summed E-state index contributed by atoms with van der Waals surface area (Å²) in [5.41, 5.74) is 2.41. The van der Waals surface area contributed by atoms with Crippen LogP contribution in [0, 0.1) is 5.82 Å². The van der Waals surface area contributed by atoms with Crippen molar-refractivity contribution in [3.05, 3.63) is 53.1 Å². The fraction of sp³-hybridized carbons (Fsp3) is 0.0769. The molecule has 0 atom stereocenters. The second-order valence-electron chi connectivity index (χ2n) is 3.75. The molecule has 1 aromatic carbocycles. The molecule has 0 saturated heterocycles. The van der Waals surface area contributed by atoms with Gasteiger partial charge < -0.3 is 0 Å². The van der Waals surface area contributed by atoms with Crippen molar-refractivity contribution in [3.8, 4) is 0 Å². The van der Waals surface area contributed by atoms with E-state index in [-0.39, 0.29) is 22.2 Å². The van der Waals surface area contributed by atoms with Gasteiger partial charge in [-0.25, -0.2) is 19.8 Å². The van der Waals surface area contributed by atoms with Gasteiger partial charge in [-0.15, -0.1) is 0 Å². The first-order valence-electron chi connectivity index (χ1n) is 5.82. The fourth-order valence-electron chi connectivity index (χ4n) is 1.33. The van der Waals surface area contributed by atoms with Crippen LogP contribution in [0.15, 0.2) is 46.9 Å². The van der Waals surface area contributed by atoms with Gasteiger partial charge in [0.15, 0.2) is 5.16 Å². The van der Waals surface area contributed by atoms with Gasteiger partial charge in [-0.05, 0) is 18.2 Å². The quantitative estimate of drug-likeness (QED) is 0.397. The van der Waals surface area contributed by atoms with E-state index < -0.39 is 5.82 Å². The first kappa shape index (κ1) is 15.4. The molecule has 0 aliphatic heterocycles. The highest BCUT2D eigenvalue weighted by atomic mass is 35.5. The third-order valence-corrected chi connectivity index (χ3v) is 3.46. The van der Waals surface area contributed by atoms with Crippen LogP contribution in [0.3, 0.4) is 0 Å². The molecule has 0 aliphatic carbocycles. The first-order chi connectivity index (χ1) is 10.2. The number of amides is 1. The number of aromatic nitrogens is 2. The van der Waals surface area contributed by atoms with E-state index in [0.29, 0.717) is 5.16 Å². The molecular weight excluding hydrogens is 315 g/mol. The number of carbonyl (C=O) groups excluding carboxylic acids is 1. The molecule has 2 rings (SSSR count). The molecule has 0 saturated carbocycles. The fourth-order valence-corrected chi connectivity index (χ4v) is 2.13. The molecule has 108 valence electrons. The summed E-state index contributed by atoms with van der Waals surface area (Å²) in [5.74, 6) is -0.754. The van der Waals surface area contributed by atoms with E-state index in [2.05, 4.69) is 20.5 Å². The summed E-state index contributed by atoms with van der Waals surface area (Å²) in [5, 5.41) is 4.39. The third-order valence-electron chi connectivity index (χ3n) is 2.26. The Labute approximate surface area is 129 Å². The van der Waals surface area contributed by atoms with Crippen molar-refractivity contribution in [2.75, 3.05) is 5.75 Å². The molecule has 0 fully saturated rings. The van der Waals surface area contributed by atoms with E-state index >= 15 is 0 Å². The SMILES string of the molecule is O=C(CSc1ncccn1)N/N=C/c1c(F)cccc1Cl. The Morgan fingerprint density at radius 2 is 2.14 bits per heavy atom. The van der Waals surface area contributed by atoms with Gasteiger partial charge in [-0.1, -0.05) is 29.4 Å². The second kappa shape index (κ2) is 7.70. The summed E-state index contributed by atoms with van der Waals surface area (Å²) in [6, 6.07) is 5.98. The van der Waals surface area contributed by atoms with E-state index in [1.165, 1.54) is 36.2 Å². The van der Waals surface area contributed by atoms with E-state index in [1.54, 1.807) is 18.5 Å². The zero-order valence-corrected chi connectivity index (χ0v) is 12.2. The number of carbonyl (C=O) groups is 1. The molecule has 1 amide bonds. The lowest BCUT2D eigenvalue weighted by Gasteiger charge is -2.00. The van der Waals surface area contributed by atoms with Crippen molar-refractivity contribution in [2.24, 2.45) is 5.10 Å². The molecule has 2 aromatic rings. The standard InChI is InChI=1S/C13H10ClFN4OS/c14-10-3-1-4-11(15)9(10)7-18-19-12(20)8-21-13-16-5-2-6-17-13/h1-7H,8H2,(H,19,20)/b18-7+. The Morgan fingerprint density at radius 1 is 1.38 bits per heavy atom. The number of benzene rings is 1. The Kier molecular flexibility index (Phi) is 5.65.